The Labute approximate surface area is 155 Å². The van der Waals surface area contributed by atoms with Crippen molar-refractivity contribution in [2.45, 2.75) is 26.2 Å². The average Bonchev–Trinajstić information content (AvgIpc) is 2.91. The molecular weight excluding hydrogens is 360 g/mol. The average molecular weight is 379 g/mol. The van der Waals surface area contributed by atoms with Crippen LogP contribution >= 0.6 is 22.9 Å². The summed E-state index contributed by atoms with van der Waals surface area (Å²) in [7, 11) is 1.51. The van der Waals surface area contributed by atoms with Crippen molar-refractivity contribution < 1.29 is 14.3 Å². The lowest BCUT2D eigenvalue weighted by atomic mass is 9.88. The fraction of sp³-hybridized carbons (Fsp3) is 0.333. The molecule has 0 unspecified atom stereocenters. The Kier molecular flexibility index (Phi) is 5.01. The second-order valence-electron chi connectivity index (χ2n) is 6.22. The van der Waals surface area contributed by atoms with Gasteiger partial charge in [-0.2, -0.15) is 0 Å². The number of halogens is 1. The van der Waals surface area contributed by atoms with E-state index in [9.17, 15) is 9.59 Å². The summed E-state index contributed by atoms with van der Waals surface area (Å²) in [6.45, 7) is 2.18. The third kappa shape index (κ3) is 3.50. The first-order valence-electron chi connectivity index (χ1n) is 8.00. The number of methoxy groups -OCH3 is 1. The van der Waals surface area contributed by atoms with Crippen molar-refractivity contribution in [3.8, 4) is 5.75 Å². The maximum absolute atomic E-state index is 12.6. The number of thiophene rings is 1. The van der Waals surface area contributed by atoms with E-state index in [0.717, 1.165) is 29.7 Å². The summed E-state index contributed by atoms with van der Waals surface area (Å²) in [5.41, 5.74) is 7.39. The summed E-state index contributed by atoms with van der Waals surface area (Å²) in [5.74, 6) is 0.223. The van der Waals surface area contributed by atoms with Crippen molar-refractivity contribution in [2.24, 2.45) is 11.7 Å². The number of hydrogen-bond acceptors (Lipinski definition) is 4. The third-order valence-electron chi connectivity index (χ3n) is 4.40. The minimum Gasteiger partial charge on any atom is -0.495 e. The second kappa shape index (κ2) is 7.06. The van der Waals surface area contributed by atoms with Crippen LogP contribution in [0.5, 0.6) is 5.75 Å². The van der Waals surface area contributed by atoms with Crippen LogP contribution in [0.2, 0.25) is 5.02 Å². The molecule has 132 valence electrons. The molecule has 5 nitrogen and oxygen atoms in total. The Morgan fingerprint density at radius 2 is 2.16 bits per heavy atom. The van der Waals surface area contributed by atoms with Gasteiger partial charge in [-0.25, -0.2) is 0 Å². The van der Waals surface area contributed by atoms with Crippen LogP contribution in [-0.4, -0.2) is 18.9 Å². The maximum atomic E-state index is 12.6. The van der Waals surface area contributed by atoms with Gasteiger partial charge >= 0.3 is 0 Å². The Morgan fingerprint density at radius 3 is 2.80 bits per heavy atom. The zero-order chi connectivity index (χ0) is 18.1. The normalized spacial score (nSPS) is 16.2. The van der Waals surface area contributed by atoms with Crippen molar-refractivity contribution >= 4 is 39.8 Å². The summed E-state index contributed by atoms with van der Waals surface area (Å²) in [4.78, 5) is 25.6. The molecular formula is C18H19ClN2O3S. The van der Waals surface area contributed by atoms with Crippen LogP contribution in [0, 0.1) is 5.92 Å². The molecule has 3 N–H and O–H groups in total. The number of carbonyl (C=O) groups is 2. The molecule has 0 bridgehead atoms. The number of ether oxygens (including phenoxy) is 1. The first kappa shape index (κ1) is 17.8. The van der Waals surface area contributed by atoms with Gasteiger partial charge in [-0.05, 0) is 48.9 Å². The molecule has 0 radical (unpaired) electrons. The molecule has 1 aliphatic carbocycles. The standard InChI is InChI=1S/C18H19ClN2O3S/c1-9-3-5-11-14(7-9)25-18(15(11)16(20)22)21-17(23)10-4-6-13(24-2)12(19)8-10/h4,6,8-9H,3,5,7H2,1-2H3,(H2,20,22)(H,21,23)/t9-/m0/s1. The van der Waals surface area contributed by atoms with E-state index >= 15 is 0 Å². The quantitative estimate of drug-likeness (QED) is 0.846. The van der Waals surface area contributed by atoms with E-state index in [4.69, 9.17) is 22.1 Å². The maximum Gasteiger partial charge on any atom is 0.256 e. The summed E-state index contributed by atoms with van der Waals surface area (Å²) >= 11 is 7.52. The number of hydrogen-bond donors (Lipinski definition) is 2. The van der Waals surface area contributed by atoms with Crippen LogP contribution in [0.3, 0.4) is 0 Å². The molecule has 1 aliphatic rings. The van der Waals surface area contributed by atoms with Gasteiger partial charge in [0.25, 0.3) is 11.8 Å². The smallest absolute Gasteiger partial charge is 0.256 e. The number of rotatable bonds is 4. The first-order valence-corrected chi connectivity index (χ1v) is 9.19. The molecule has 2 amide bonds. The molecule has 3 rings (SSSR count). The molecule has 1 aromatic carbocycles. The molecule has 1 aromatic heterocycles. The predicted molar refractivity (Wildman–Crippen MR) is 100.0 cm³/mol. The van der Waals surface area contributed by atoms with E-state index in [1.807, 2.05) is 0 Å². The van der Waals surface area contributed by atoms with E-state index in [2.05, 4.69) is 12.2 Å². The van der Waals surface area contributed by atoms with Crippen LogP contribution in [-0.2, 0) is 12.8 Å². The number of fused-ring (bicyclic) bond motifs is 1. The highest BCUT2D eigenvalue weighted by Gasteiger charge is 2.27. The monoisotopic (exact) mass is 378 g/mol. The number of anilines is 1. The topological polar surface area (TPSA) is 81.4 Å². The van der Waals surface area contributed by atoms with E-state index in [1.54, 1.807) is 12.1 Å². The Bertz CT molecular complexity index is 847. The van der Waals surface area contributed by atoms with E-state index in [0.29, 0.717) is 32.8 Å². The Balaban J connectivity index is 1.91. The van der Waals surface area contributed by atoms with Gasteiger partial charge in [0.05, 0.1) is 17.7 Å². The fourth-order valence-electron chi connectivity index (χ4n) is 3.08. The largest absolute Gasteiger partial charge is 0.495 e. The highest BCUT2D eigenvalue weighted by atomic mass is 35.5. The van der Waals surface area contributed by atoms with E-state index in [-0.39, 0.29) is 5.91 Å². The molecule has 25 heavy (non-hydrogen) atoms. The first-order chi connectivity index (χ1) is 11.9. The molecule has 0 aliphatic heterocycles. The minimum absolute atomic E-state index is 0.335. The number of nitrogens with two attached hydrogens (primary N) is 1. The number of carbonyl (C=O) groups excluding carboxylic acids is 2. The predicted octanol–water partition coefficient (Wildman–Crippen LogP) is 3.89. The Morgan fingerprint density at radius 1 is 1.40 bits per heavy atom. The SMILES string of the molecule is COc1ccc(C(=O)Nc2sc3c(c2C(N)=O)CC[C@H](C)C3)cc1Cl. The van der Waals surface area contributed by atoms with Gasteiger partial charge in [0.15, 0.2) is 0 Å². The van der Waals surface area contributed by atoms with Crippen LogP contribution in [0.15, 0.2) is 18.2 Å². The molecule has 0 saturated carbocycles. The lowest BCUT2D eigenvalue weighted by molar-refractivity contribution is 0.1000. The van der Waals surface area contributed by atoms with E-state index < -0.39 is 5.91 Å². The zero-order valence-corrected chi connectivity index (χ0v) is 15.6. The van der Waals surface area contributed by atoms with Crippen molar-refractivity contribution in [1.82, 2.24) is 0 Å². The lowest BCUT2D eigenvalue weighted by Crippen LogP contribution is -2.19. The minimum atomic E-state index is -0.505. The van der Waals surface area contributed by atoms with E-state index in [1.165, 1.54) is 24.5 Å². The molecule has 0 fully saturated rings. The summed E-state index contributed by atoms with van der Waals surface area (Å²) in [6, 6.07) is 4.79. The summed E-state index contributed by atoms with van der Waals surface area (Å²) in [5, 5.41) is 3.69. The molecule has 0 saturated heterocycles. The number of nitrogens with one attached hydrogen (secondary N) is 1. The zero-order valence-electron chi connectivity index (χ0n) is 14.0. The van der Waals surface area contributed by atoms with Gasteiger partial charge < -0.3 is 15.8 Å². The van der Waals surface area contributed by atoms with Crippen molar-refractivity contribution in [3.63, 3.8) is 0 Å². The van der Waals surface area contributed by atoms with Gasteiger partial charge in [0, 0.05) is 10.4 Å². The molecule has 0 spiro atoms. The van der Waals surface area contributed by atoms with Crippen LogP contribution in [0.1, 0.15) is 44.5 Å². The fourth-order valence-corrected chi connectivity index (χ4v) is 4.75. The van der Waals surface area contributed by atoms with Crippen LogP contribution < -0.4 is 15.8 Å². The molecule has 1 atom stereocenters. The van der Waals surface area contributed by atoms with Crippen molar-refractivity contribution in [2.75, 3.05) is 12.4 Å². The van der Waals surface area contributed by atoms with Crippen LogP contribution in [0.4, 0.5) is 5.00 Å². The molecule has 2 aromatic rings. The van der Waals surface area contributed by atoms with Crippen LogP contribution in [0.25, 0.3) is 0 Å². The van der Waals surface area contributed by atoms with Gasteiger partial charge in [-0.3, -0.25) is 9.59 Å². The number of amides is 2. The highest BCUT2D eigenvalue weighted by Crippen LogP contribution is 2.39. The second-order valence-corrected chi connectivity index (χ2v) is 7.74. The van der Waals surface area contributed by atoms with Crippen molar-refractivity contribution in [1.29, 1.82) is 0 Å². The highest BCUT2D eigenvalue weighted by molar-refractivity contribution is 7.17. The molecule has 1 heterocycles. The van der Waals surface area contributed by atoms with Crippen molar-refractivity contribution in [3.05, 3.63) is 44.8 Å². The van der Waals surface area contributed by atoms with Gasteiger partial charge in [-0.15, -0.1) is 11.3 Å². The van der Waals surface area contributed by atoms with Gasteiger partial charge in [-0.1, -0.05) is 18.5 Å². The summed E-state index contributed by atoms with van der Waals surface area (Å²) in [6.07, 6.45) is 2.74. The summed E-state index contributed by atoms with van der Waals surface area (Å²) < 4.78 is 5.09. The van der Waals surface area contributed by atoms with Gasteiger partial charge in [0.2, 0.25) is 0 Å². The Hall–Kier alpha value is -2.05. The third-order valence-corrected chi connectivity index (χ3v) is 5.86. The number of primary amides is 1. The lowest BCUT2D eigenvalue weighted by Gasteiger charge is -2.18. The number of benzene rings is 1. The van der Waals surface area contributed by atoms with Gasteiger partial charge in [0.1, 0.15) is 10.8 Å². The molecule has 7 heteroatoms.